The number of rotatable bonds is 7. The van der Waals surface area contributed by atoms with Gasteiger partial charge in [-0.3, -0.25) is 14.4 Å². The number of nitrogens with two attached hydrogens (primary N) is 1. The zero-order chi connectivity index (χ0) is 15.0. The van der Waals surface area contributed by atoms with Gasteiger partial charge in [0.15, 0.2) is 0 Å². The molecule has 3 amide bonds. The molecule has 0 aliphatic rings. The maximum Gasteiger partial charge on any atom is 0.255 e. The van der Waals surface area contributed by atoms with Crippen LogP contribution in [0, 0.1) is 0 Å². The van der Waals surface area contributed by atoms with Gasteiger partial charge < -0.3 is 21.1 Å². The summed E-state index contributed by atoms with van der Waals surface area (Å²) in [6.45, 7) is 1.74. The Kier molecular flexibility index (Phi) is 6.02. The molecule has 7 nitrogen and oxygen atoms in total. The molecule has 1 aromatic rings. The van der Waals surface area contributed by atoms with E-state index in [1.54, 1.807) is 24.3 Å². The fourth-order valence-electron chi connectivity index (χ4n) is 1.44. The number of amides is 3. The van der Waals surface area contributed by atoms with Gasteiger partial charge in [-0.25, -0.2) is 0 Å². The summed E-state index contributed by atoms with van der Waals surface area (Å²) < 4.78 is 5.32. The van der Waals surface area contributed by atoms with E-state index in [1.165, 1.54) is 0 Å². The maximum absolute atomic E-state index is 11.9. The molecular weight excluding hydrogens is 262 g/mol. The number of benzene rings is 1. The molecule has 108 valence electrons. The summed E-state index contributed by atoms with van der Waals surface area (Å²) in [6.07, 6.45) is 0. The summed E-state index contributed by atoms with van der Waals surface area (Å²) in [4.78, 5) is 33.7. The van der Waals surface area contributed by atoms with Crippen molar-refractivity contribution in [3.8, 4) is 5.75 Å². The second-order valence-electron chi connectivity index (χ2n) is 3.85. The minimum absolute atomic E-state index is 0.243. The Labute approximate surface area is 116 Å². The van der Waals surface area contributed by atoms with Gasteiger partial charge in [-0.05, 0) is 19.1 Å². The van der Waals surface area contributed by atoms with Crippen LogP contribution in [0.5, 0.6) is 5.75 Å². The molecule has 0 heterocycles. The van der Waals surface area contributed by atoms with Crippen molar-refractivity contribution in [2.45, 2.75) is 6.92 Å². The second kappa shape index (κ2) is 7.78. The van der Waals surface area contributed by atoms with Crippen LogP contribution in [0.4, 0.5) is 0 Å². The molecule has 0 aliphatic heterocycles. The van der Waals surface area contributed by atoms with Crippen LogP contribution in [0.3, 0.4) is 0 Å². The van der Waals surface area contributed by atoms with Gasteiger partial charge in [-0.1, -0.05) is 12.1 Å². The predicted octanol–water partition coefficient (Wildman–Crippen LogP) is -0.583. The number of carbonyl (C=O) groups is 3. The number of hydrogen-bond donors (Lipinski definition) is 3. The third-order valence-corrected chi connectivity index (χ3v) is 2.30. The Morgan fingerprint density at radius 1 is 1.15 bits per heavy atom. The van der Waals surface area contributed by atoms with Crippen molar-refractivity contribution in [2.75, 3.05) is 19.7 Å². The topological polar surface area (TPSA) is 111 Å². The number of ether oxygens (including phenoxy) is 1. The zero-order valence-corrected chi connectivity index (χ0v) is 11.1. The molecule has 0 bridgehead atoms. The third kappa shape index (κ3) is 4.97. The third-order valence-electron chi connectivity index (χ3n) is 2.30. The molecule has 20 heavy (non-hydrogen) atoms. The lowest BCUT2D eigenvalue weighted by molar-refractivity contribution is -0.124. The van der Waals surface area contributed by atoms with E-state index in [0.717, 1.165) is 0 Å². The molecule has 1 rings (SSSR count). The largest absolute Gasteiger partial charge is 0.493 e. The summed E-state index contributed by atoms with van der Waals surface area (Å²) in [5.74, 6) is -1.12. The monoisotopic (exact) mass is 279 g/mol. The Balaban J connectivity index is 2.54. The molecule has 0 aromatic heterocycles. The number of carbonyl (C=O) groups excluding carboxylic acids is 3. The average molecular weight is 279 g/mol. The molecule has 0 saturated carbocycles. The van der Waals surface area contributed by atoms with Crippen molar-refractivity contribution in [1.82, 2.24) is 10.6 Å². The van der Waals surface area contributed by atoms with Crippen LogP contribution in [-0.4, -0.2) is 37.4 Å². The highest BCUT2D eigenvalue weighted by molar-refractivity contribution is 5.99. The van der Waals surface area contributed by atoms with Crippen molar-refractivity contribution in [2.24, 2.45) is 5.73 Å². The SMILES string of the molecule is CCOc1ccccc1C(=O)NCC(=O)NCC(N)=O. The van der Waals surface area contributed by atoms with Gasteiger partial charge in [0.1, 0.15) is 5.75 Å². The summed E-state index contributed by atoms with van der Waals surface area (Å²) in [6, 6.07) is 6.72. The molecule has 0 radical (unpaired) electrons. The molecule has 7 heteroatoms. The van der Waals surface area contributed by atoms with E-state index in [1.807, 2.05) is 6.92 Å². The van der Waals surface area contributed by atoms with E-state index in [4.69, 9.17) is 10.5 Å². The summed E-state index contributed by atoms with van der Waals surface area (Å²) in [7, 11) is 0. The first-order valence-electron chi connectivity index (χ1n) is 6.09. The molecule has 4 N–H and O–H groups in total. The first-order chi connectivity index (χ1) is 9.54. The standard InChI is InChI=1S/C13H17N3O4/c1-2-20-10-6-4-3-5-9(10)13(19)16-8-12(18)15-7-11(14)17/h3-6H,2,7-8H2,1H3,(H2,14,17)(H,15,18)(H,16,19). The van der Waals surface area contributed by atoms with Gasteiger partial charge in [0.25, 0.3) is 5.91 Å². The van der Waals surface area contributed by atoms with E-state index in [2.05, 4.69) is 10.6 Å². The quantitative estimate of drug-likeness (QED) is 0.620. The summed E-state index contributed by atoms with van der Waals surface area (Å²) in [5.41, 5.74) is 5.23. The number of nitrogens with one attached hydrogen (secondary N) is 2. The highest BCUT2D eigenvalue weighted by atomic mass is 16.5. The van der Waals surface area contributed by atoms with Crippen molar-refractivity contribution in [1.29, 1.82) is 0 Å². The molecular formula is C13H17N3O4. The summed E-state index contributed by atoms with van der Waals surface area (Å²) in [5, 5.41) is 4.71. The highest BCUT2D eigenvalue weighted by Gasteiger charge is 2.12. The molecule has 0 spiro atoms. The normalized spacial score (nSPS) is 9.65. The molecule has 0 unspecified atom stereocenters. The molecule has 0 aliphatic carbocycles. The van der Waals surface area contributed by atoms with E-state index < -0.39 is 17.7 Å². The highest BCUT2D eigenvalue weighted by Crippen LogP contribution is 2.17. The van der Waals surface area contributed by atoms with Crippen LogP contribution in [-0.2, 0) is 9.59 Å². The van der Waals surface area contributed by atoms with E-state index in [9.17, 15) is 14.4 Å². The van der Waals surface area contributed by atoms with Crippen molar-refractivity contribution >= 4 is 17.7 Å². The van der Waals surface area contributed by atoms with Crippen molar-refractivity contribution in [3.05, 3.63) is 29.8 Å². The van der Waals surface area contributed by atoms with Gasteiger partial charge in [0, 0.05) is 0 Å². The van der Waals surface area contributed by atoms with E-state index in [0.29, 0.717) is 17.9 Å². The minimum atomic E-state index is -0.647. The van der Waals surface area contributed by atoms with Crippen LogP contribution in [0.2, 0.25) is 0 Å². The molecule has 0 saturated heterocycles. The lowest BCUT2D eigenvalue weighted by Crippen LogP contribution is -2.40. The van der Waals surface area contributed by atoms with Gasteiger partial charge in [0.2, 0.25) is 11.8 Å². The first-order valence-corrected chi connectivity index (χ1v) is 6.09. The Morgan fingerprint density at radius 2 is 1.85 bits per heavy atom. The van der Waals surface area contributed by atoms with Gasteiger partial charge in [0.05, 0.1) is 25.3 Å². The fraction of sp³-hybridized carbons (Fsp3) is 0.308. The van der Waals surface area contributed by atoms with Crippen LogP contribution in [0.25, 0.3) is 0 Å². The number of primary amides is 1. The fourth-order valence-corrected chi connectivity index (χ4v) is 1.44. The second-order valence-corrected chi connectivity index (χ2v) is 3.85. The van der Waals surface area contributed by atoms with E-state index in [-0.39, 0.29) is 13.1 Å². The average Bonchev–Trinajstić information content (AvgIpc) is 2.43. The van der Waals surface area contributed by atoms with Crippen LogP contribution in [0.15, 0.2) is 24.3 Å². The lowest BCUT2D eigenvalue weighted by atomic mass is 10.2. The van der Waals surface area contributed by atoms with Crippen LogP contribution >= 0.6 is 0 Å². The Bertz CT molecular complexity index is 502. The Morgan fingerprint density at radius 3 is 2.50 bits per heavy atom. The first kappa shape index (κ1) is 15.5. The Hall–Kier alpha value is -2.57. The summed E-state index contributed by atoms with van der Waals surface area (Å²) >= 11 is 0. The minimum Gasteiger partial charge on any atom is -0.493 e. The van der Waals surface area contributed by atoms with E-state index >= 15 is 0 Å². The number of hydrogen-bond acceptors (Lipinski definition) is 4. The molecule has 0 fully saturated rings. The smallest absolute Gasteiger partial charge is 0.255 e. The van der Waals surface area contributed by atoms with Crippen LogP contribution in [0.1, 0.15) is 17.3 Å². The van der Waals surface area contributed by atoms with Gasteiger partial charge in [-0.2, -0.15) is 0 Å². The van der Waals surface area contributed by atoms with Crippen LogP contribution < -0.4 is 21.1 Å². The maximum atomic E-state index is 11.9. The predicted molar refractivity (Wildman–Crippen MR) is 72.1 cm³/mol. The van der Waals surface area contributed by atoms with Crippen molar-refractivity contribution in [3.63, 3.8) is 0 Å². The van der Waals surface area contributed by atoms with Gasteiger partial charge in [-0.15, -0.1) is 0 Å². The molecule has 1 aromatic carbocycles. The molecule has 0 atom stereocenters. The number of para-hydroxylation sites is 1. The zero-order valence-electron chi connectivity index (χ0n) is 11.1. The lowest BCUT2D eigenvalue weighted by Gasteiger charge is -2.10. The van der Waals surface area contributed by atoms with Crippen molar-refractivity contribution < 1.29 is 19.1 Å². The van der Waals surface area contributed by atoms with Gasteiger partial charge >= 0.3 is 0 Å².